The maximum atomic E-state index is 13.0. The van der Waals surface area contributed by atoms with Gasteiger partial charge in [0, 0.05) is 24.2 Å². The Morgan fingerprint density at radius 3 is 2.65 bits per heavy atom. The van der Waals surface area contributed by atoms with E-state index in [4.69, 9.17) is 4.74 Å². The van der Waals surface area contributed by atoms with Crippen molar-refractivity contribution in [2.45, 2.75) is 57.6 Å². The molecule has 3 atom stereocenters. The lowest BCUT2D eigenvalue weighted by atomic mass is 9.66. The molecule has 2 aromatic rings. The van der Waals surface area contributed by atoms with Crippen LogP contribution in [0.3, 0.4) is 0 Å². The van der Waals surface area contributed by atoms with Crippen LogP contribution < -0.4 is 10.1 Å². The monoisotopic (exact) mass is 422 g/mol. The highest BCUT2D eigenvalue weighted by atomic mass is 16.5. The quantitative estimate of drug-likeness (QED) is 0.738. The molecule has 1 aliphatic carbocycles. The number of fused-ring (bicyclic) bond motifs is 1. The number of piperidine rings is 1. The van der Waals surface area contributed by atoms with Crippen LogP contribution in [0.2, 0.25) is 0 Å². The van der Waals surface area contributed by atoms with Crippen LogP contribution in [0.15, 0.2) is 42.5 Å². The van der Waals surface area contributed by atoms with Crippen molar-refractivity contribution in [1.82, 2.24) is 4.90 Å². The Morgan fingerprint density at radius 1 is 1.16 bits per heavy atom. The predicted molar refractivity (Wildman–Crippen MR) is 123 cm³/mol. The molecule has 0 aromatic heterocycles. The van der Waals surface area contributed by atoms with Crippen LogP contribution in [0.5, 0.6) is 5.75 Å². The molecule has 166 valence electrons. The molecule has 4 rings (SSSR count). The second-order valence-electron chi connectivity index (χ2n) is 9.26. The third-order valence-electron chi connectivity index (χ3n) is 7.13. The van der Waals surface area contributed by atoms with E-state index in [9.17, 15) is 9.90 Å². The highest BCUT2D eigenvalue weighted by Gasteiger charge is 2.49. The molecule has 2 aromatic carbocycles. The number of aliphatic hydroxyl groups is 1. The first-order chi connectivity index (χ1) is 14.9. The number of ether oxygens (including phenoxy) is 1. The molecule has 1 amide bonds. The van der Waals surface area contributed by atoms with Gasteiger partial charge in [0.25, 0.3) is 0 Å². The lowest BCUT2D eigenvalue weighted by molar-refractivity contribution is -0.135. The number of hydrogen-bond donors (Lipinski definition) is 2. The zero-order valence-corrected chi connectivity index (χ0v) is 18.9. The molecule has 1 saturated heterocycles. The summed E-state index contributed by atoms with van der Waals surface area (Å²) in [5.41, 5.74) is 3.62. The standard InChI is InChI=1S/C26H34N2O3/c1-18-7-12-23(19(2)16-18)27-24(29)17-28-15-14-26(30)13-5-4-6-22(26)25(28)20-8-10-21(31-3)11-9-20/h7-12,16,22,25,30H,4-6,13-15,17H2,1-3H3,(H,27,29). The van der Waals surface area contributed by atoms with E-state index in [0.717, 1.165) is 54.7 Å². The van der Waals surface area contributed by atoms with Gasteiger partial charge < -0.3 is 15.2 Å². The SMILES string of the molecule is COc1ccc(C2C3CCCCC3(O)CCN2CC(=O)Nc2ccc(C)cc2C)cc1. The van der Waals surface area contributed by atoms with Gasteiger partial charge in [-0.2, -0.15) is 0 Å². The van der Waals surface area contributed by atoms with Crippen LogP contribution in [-0.2, 0) is 4.79 Å². The molecule has 0 radical (unpaired) electrons. The van der Waals surface area contributed by atoms with Crippen LogP contribution >= 0.6 is 0 Å². The third-order valence-corrected chi connectivity index (χ3v) is 7.13. The molecule has 1 saturated carbocycles. The van der Waals surface area contributed by atoms with Crippen molar-refractivity contribution in [3.63, 3.8) is 0 Å². The normalized spacial score (nSPS) is 26.2. The zero-order valence-electron chi connectivity index (χ0n) is 18.9. The van der Waals surface area contributed by atoms with E-state index in [1.54, 1.807) is 7.11 Å². The van der Waals surface area contributed by atoms with Gasteiger partial charge in [-0.15, -0.1) is 0 Å². The van der Waals surface area contributed by atoms with Crippen molar-refractivity contribution in [2.24, 2.45) is 5.92 Å². The van der Waals surface area contributed by atoms with Crippen molar-refractivity contribution in [3.05, 3.63) is 59.2 Å². The maximum absolute atomic E-state index is 13.0. The Hall–Kier alpha value is -2.37. The number of hydrogen-bond acceptors (Lipinski definition) is 4. The number of likely N-dealkylation sites (tertiary alicyclic amines) is 1. The van der Waals surface area contributed by atoms with Crippen LogP contribution in [0.25, 0.3) is 0 Å². The average molecular weight is 423 g/mol. The predicted octanol–water partition coefficient (Wildman–Crippen LogP) is 4.62. The number of benzene rings is 2. The molecule has 31 heavy (non-hydrogen) atoms. The second kappa shape index (κ2) is 9.01. The zero-order chi connectivity index (χ0) is 22.0. The van der Waals surface area contributed by atoms with Crippen LogP contribution in [0.4, 0.5) is 5.69 Å². The van der Waals surface area contributed by atoms with Gasteiger partial charge in [0.1, 0.15) is 5.75 Å². The van der Waals surface area contributed by atoms with E-state index in [1.807, 2.05) is 31.2 Å². The lowest BCUT2D eigenvalue weighted by Gasteiger charge is -2.52. The van der Waals surface area contributed by atoms with E-state index < -0.39 is 5.60 Å². The van der Waals surface area contributed by atoms with Gasteiger partial charge in [0.2, 0.25) is 5.91 Å². The average Bonchev–Trinajstić information content (AvgIpc) is 2.76. The number of anilines is 1. The number of nitrogens with zero attached hydrogens (tertiary/aromatic N) is 1. The fourth-order valence-electron chi connectivity index (χ4n) is 5.49. The number of amides is 1. The number of nitrogens with one attached hydrogen (secondary N) is 1. The molecular weight excluding hydrogens is 388 g/mol. The molecule has 1 aliphatic heterocycles. The molecule has 2 fully saturated rings. The third kappa shape index (κ3) is 4.63. The highest BCUT2D eigenvalue weighted by molar-refractivity contribution is 5.93. The fourth-order valence-corrected chi connectivity index (χ4v) is 5.49. The summed E-state index contributed by atoms with van der Waals surface area (Å²) in [7, 11) is 1.67. The fraction of sp³-hybridized carbons (Fsp3) is 0.500. The molecule has 0 spiro atoms. The molecule has 1 heterocycles. The number of aryl methyl sites for hydroxylation is 2. The second-order valence-corrected chi connectivity index (χ2v) is 9.26. The van der Waals surface area contributed by atoms with Crippen LogP contribution in [0.1, 0.15) is 54.8 Å². The van der Waals surface area contributed by atoms with Crippen LogP contribution in [0, 0.1) is 19.8 Å². The number of rotatable bonds is 5. The molecular formula is C26H34N2O3. The van der Waals surface area contributed by atoms with Crippen molar-refractivity contribution in [3.8, 4) is 5.75 Å². The topological polar surface area (TPSA) is 61.8 Å². The molecule has 3 unspecified atom stereocenters. The Bertz CT molecular complexity index is 927. The molecule has 2 aliphatic rings. The smallest absolute Gasteiger partial charge is 0.238 e. The van der Waals surface area contributed by atoms with E-state index >= 15 is 0 Å². The van der Waals surface area contributed by atoms with Gasteiger partial charge in [0.15, 0.2) is 0 Å². The Balaban J connectivity index is 1.57. The highest BCUT2D eigenvalue weighted by Crippen LogP contribution is 2.49. The molecule has 2 N–H and O–H groups in total. The van der Waals surface area contributed by atoms with Crippen molar-refractivity contribution < 1.29 is 14.6 Å². The maximum Gasteiger partial charge on any atom is 0.238 e. The lowest BCUT2D eigenvalue weighted by Crippen LogP contribution is -2.56. The van der Waals surface area contributed by atoms with Gasteiger partial charge >= 0.3 is 0 Å². The van der Waals surface area contributed by atoms with E-state index in [0.29, 0.717) is 13.1 Å². The summed E-state index contributed by atoms with van der Waals surface area (Å²) in [6.45, 7) is 5.10. The van der Waals surface area contributed by atoms with Crippen molar-refractivity contribution in [2.75, 3.05) is 25.5 Å². The summed E-state index contributed by atoms with van der Waals surface area (Å²) in [6.07, 6.45) is 4.77. The van der Waals surface area contributed by atoms with Gasteiger partial charge in [0.05, 0.1) is 19.3 Å². The first kappa shape index (κ1) is 21.8. The summed E-state index contributed by atoms with van der Waals surface area (Å²) in [5, 5.41) is 14.5. The van der Waals surface area contributed by atoms with Crippen LogP contribution in [-0.4, -0.2) is 41.7 Å². The van der Waals surface area contributed by atoms with E-state index in [-0.39, 0.29) is 17.9 Å². The Labute approximate surface area is 185 Å². The first-order valence-electron chi connectivity index (χ1n) is 11.4. The molecule has 5 heteroatoms. The minimum absolute atomic E-state index is 0.00767. The summed E-state index contributed by atoms with van der Waals surface area (Å²) in [5.74, 6) is 0.946. The Morgan fingerprint density at radius 2 is 1.94 bits per heavy atom. The van der Waals surface area contributed by atoms with E-state index in [1.165, 1.54) is 5.56 Å². The summed E-state index contributed by atoms with van der Waals surface area (Å²) in [6, 6.07) is 14.2. The number of methoxy groups -OCH3 is 1. The van der Waals surface area contributed by atoms with Crippen molar-refractivity contribution in [1.29, 1.82) is 0 Å². The summed E-state index contributed by atoms with van der Waals surface area (Å²) in [4.78, 5) is 15.3. The first-order valence-corrected chi connectivity index (χ1v) is 11.4. The Kier molecular flexibility index (Phi) is 6.35. The minimum Gasteiger partial charge on any atom is -0.497 e. The molecule has 0 bridgehead atoms. The van der Waals surface area contributed by atoms with Gasteiger partial charge in [-0.1, -0.05) is 42.7 Å². The summed E-state index contributed by atoms with van der Waals surface area (Å²) >= 11 is 0. The number of carbonyl (C=O) groups excluding carboxylic acids is 1. The van der Waals surface area contributed by atoms with Crippen molar-refractivity contribution >= 4 is 11.6 Å². The summed E-state index contributed by atoms with van der Waals surface area (Å²) < 4.78 is 5.33. The van der Waals surface area contributed by atoms with Gasteiger partial charge in [-0.25, -0.2) is 0 Å². The van der Waals surface area contributed by atoms with E-state index in [2.05, 4.69) is 35.3 Å². The largest absolute Gasteiger partial charge is 0.497 e. The number of carbonyl (C=O) groups is 1. The van der Waals surface area contributed by atoms with Gasteiger partial charge in [-0.3, -0.25) is 9.69 Å². The minimum atomic E-state index is -0.636. The molecule has 5 nitrogen and oxygen atoms in total. The van der Waals surface area contributed by atoms with Gasteiger partial charge in [-0.05, 0) is 62.4 Å².